The summed E-state index contributed by atoms with van der Waals surface area (Å²) in [5.41, 5.74) is -5.61. The molecule has 1 aromatic rings. The summed E-state index contributed by atoms with van der Waals surface area (Å²) in [6, 6.07) is -1.81. The SMILES string of the molecule is COc1nc(OC)nc([N+](C)(C)C(CCOS(=O)(=O)C(F)(F)F)C(=O)O)n1. The number of quaternary nitrogens is 1. The van der Waals surface area contributed by atoms with E-state index in [2.05, 4.69) is 19.1 Å². The Morgan fingerprint density at radius 1 is 1.15 bits per heavy atom. The van der Waals surface area contributed by atoms with E-state index in [-0.39, 0.29) is 18.0 Å². The molecule has 0 spiro atoms. The molecule has 0 saturated carbocycles. The molecule has 1 heterocycles. The van der Waals surface area contributed by atoms with Gasteiger partial charge in [0, 0.05) is 6.42 Å². The van der Waals surface area contributed by atoms with E-state index in [0.29, 0.717) is 0 Å². The van der Waals surface area contributed by atoms with Gasteiger partial charge < -0.3 is 14.6 Å². The van der Waals surface area contributed by atoms with Crippen molar-refractivity contribution in [3.63, 3.8) is 0 Å². The molecule has 154 valence electrons. The first-order valence-electron chi connectivity index (χ1n) is 7.13. The van der Waals surface area contributed by atoms with Crippen LogP contribution < -0.4 is 14.0 Å². The van der Waals surface area contributed by atoms with Crippen LogP contribution in [0.4, 0.5) is 19.1 Å². The van der Waals surface area contributed by atoms with Crippen LogP contribution in [-0.4, -0.2) is 80.9 Å². The topological polar surface area (TPSA) is 138 Å². The van der Waals surface area contributed by atoms with E-state index in [1.807, 2.05) is 0 Å². The van der Waals surface area contributed by atoms with Crippen LogP contribution in [0.2, 0.25) is 0 Å². The summed E-state index contributed by atoms with van der Waals surface area (Å²) in [5.74, 6) is -1.57. The molecule has 1 N–H and O–H groups in total. The minimum atomic E-state index is -5.83. The minimum absolute atomic E-state index is 0.134. The molecule has 0 aromatic carbocycles. The van der Waals surface area contributed by atoms with E-state index in [4.69, 9.17) is 9.47 Å². The summed E-state index contributed by atoms with van der Waals surface area (Å²) in [4.78, 5) is 23.2. The van der Waals surface area contributed by atoms with Crippen LogP contribution in [0.1, 0.15) is 6.42 Å². The lowest BCUT2D eigenvalue weighted by molar-refractivity contribution is -0.142. The molecule has 0 radical (unpaired) electrons. The lowest BCUT2D eigenvalue weighted by Gasteiger charge is -2.32. The van der Waals surface area contributed by atoms with Gasteiger partial charge in [0.05, 0.1) is 34.9 Å². The van der Waals surface area contributed by atoms with Gasteiger partial charge in [-0.1, -0.05) is 0 Å². The molecule has 1 atom stereocenters. The van der Waals surface area contributed by atoms with E-state index in [9.17, 15) is 31.5 Å². The van der Waals surface area contributed by atoms with Gasteiger partial charge in [-0.2, -0.15) is 21.6 Å². The predicted octanol–water partition coefficient (Wildman–Crippen LogP) is 0.165. The lowest BCUT2D eigenvalue weighted by Crippen LogP contribution is -2.55. The number of nitrogens with zero attached hydrogens (tertiary/aromatic N) is 4. The summed E-state index contributed by atoms with van der Waals surface area (Å²) in [6.45, 7) is -1.01. The van der Waals surface area contributed by atoms with E-state index in [0.717, 1.165) is 0 Å². The van der Waals surface area contributed by atoms with Crippen molar-refractivity contribution in [1.82, 2.24) is 19.4 Å². The molecule has 11 nitrogen and oxygen atoms in total. The molecule has 0 fully saturated rings. The summed E-state index contributed by atoms with van der Waals surface area (Å²) in [5, 5.41) is 9.44. The van der Waals surface area contributed by atoms with E-state index in [1.165, 1.54) is 28.3 Å². The number of aromatic nitrogens is 3. The molecular weight excluding hydrogens is 401 g/mol. The molecule has 0 amide bonds. The van der Waals surface area contributed by atoms with Crippen molar-refractivity contribution < 1.29 is 45.1 Å². The molecule has 1 aromatic heterocycles. The van der Waals surface area contributed by atoms with Gasteiger partial charge >= 0.3 is 39.6 Å². The summed E-state index contributed by atoms with van der Waals surface area (Å²) >= 11 is 0. The standard InChI is InChI=1S/C12H17F3N4O7S/c1-19(2,9-16-10(24-3)18-11(17-9)25-4)7(8(20)21)5-6-26-27(22,23)12(13,14)15/h7H,5-6H2,1-4H3/p+1. The van der Waals surface area contributed by atoms with Crippen molar-refractivity contribution in [2.75, 3.05) is 34.9 Å². The molecule has 0 aliphatic rings. The minimum Gasteiger partial charge on any atom is -0.477 e. The average Bonchev–Trinajstić information content (AvgIpc) is 2.56. The zero-order valence-corrected chi connectivity index (χ0v) is 15.5. The maximum absolute atomic E-state index is 12.3. The van der Waals surface area contributed by atoms with Crippen LogP contribution in [0.5, 0.6) is 12.0 Å². The zero-order chi connectivity index (χ0) is 21.0. The van der Waals surface area contributed by atoms with Gasteiger partial charge in [-0.3, -0.25) is 8.67 Å². The third kappa shape index (κ3) is 5.36. The number of carboxylic acid groups (broad SMARTS) is 1. The predicted molar refractivity (Wildman–Crippen MR) is 83.5 cm³/mol. The number of hydrogen-bond acceptors (Lipinski definition) is 9. The second-order valence-corrected chi connectivity index (χ2v) is 7.12. The van der Waals surface area contributed by atoms with Gasteiger partial charge in [0.1, 0.15) is 0 Å². The Morgan fingerprint density at radius 2 is 1.63 bits per heavy atom. The van der Waals surface area contributed by atoms with E-state index >= 15 is 0 Å². The maximum atomic E-state index is 12.3. The van der Waals surface area contributed by atoms with Crippen LogP contribution >= 0.6 is 0 Å². The first kappa shape index (κ1) is 22.8. The normalized spacial score (nSPS) is 13.9. The van der Waals surface area contributed by atoms with Gasteiger partial charge in [-0.25, -0.2) is 4.79 Å². The highest BCUT2D eigenvalue weighted by Gasteiger charge is 2.48. The van der Waals surface area contributed by atoms with Crippen LogP contribution in [0.3, 0.4) is 0 Å². The highest BCUT2D eigenvalue weighted by atomic mass is 32.2. The average molecular weight is 419 g/mol. The maximum Gasteiger partial charge on any atom is 0.523 e. The van der Waals surface area contributed by atoms with Crippen molar-refractivity contribution in [3.8, 4) is 12.0 Å². The molecule has 1 unspecified atom stereocenters. The van der Waals surface area contributed by atoms with Gasteiger partial charge in [0.25, 0.3) is 0 Å². The number of ether oxygens (including phenoxy) is 2. The van der Waals surface area contributed by atoms with Crippen LogP contribution in [0, 0.1) is 0 Å². The van der Waals surface area contributed by atoms with E-state index in [1.54, 1.807) is 0 Å². The Labute approximate surface area is 152 Å². The van der Waals surface area contributed by atoms with Gasteiger partial charge in [0.2, 0.25) is 0 Å². The molecule has 15 heteroatoms. The molecule has 27 heavy (non-hydrogen) atoms. The van der Waals surface area contributed by atoms with Crippen molar-refractivity contribution in [3.05, 3.63) is 0 Å². The Balaban J connectivity index is 3.10. The largest absolute Gasteiger partial charge is 0.523 e. The van der Waals surface area contributed by atoms with Crippen molar-refractivity contribution >= 4 is 22.0 Å². The highest BCUT2D eigenvalue weighted by Crippen LogP contribution is 2.27. The molecule has 0 bridgehead atoms. The fourth-order valence-electron chi connectivity index (χ4n) is 1.97. The second-order valence-electron chi connectivity index (χ2n) is 5.51. The number of carboxylic acids is 1. The third-order valence-electron chi connectivity index (χ3n) is 3.44. The molecule has 0 aliphatic heterocycles. The van der Waals surface area contributed by atoms with Crippen LogP contribution in [0.15, 0.2) is 0 Å². The van der Waals surface area contributed by atoms with Gasteiger partial charge in [-0.15, -0.1) is 15.0 Å². The Morgan fingerprint density at radius 3 is 2.00 bits per heavy atom. The van der Waals surface area contributed by atoms with Crippen LogP contribution in [-0.2, 0) is 19.1 Å². The first-order chi connectivity index (χ1) is 12.3. The van der Waals surface area contributed by atoms with Crippen LogP contribution in [0.25, 0.3) is 0 Å². The van der Waals surface area contributed by atoms with E-state index < -0.39 is 45.1 Å². The summed E-state index contributed by atoms with van der Waals surface area (Å²) in [7, 11) is -0.621. The quantitative estimate of drug-likeness (QED) is 0.335. The fourth-order valence-corrected chi connectivity index (χ4v) is 2.42. The molecule has 0 aliphatic carbocycles. The summed E-state index contributed by atoms with van der Waals surface area (Å²) in [6.07, 6.45) is -0.589. The first-order valence-corrected chi connectivity index (χ1v) is 8.54. The molecule has 1 rings (SSSR count). The Bertz CT molecular complexity index is 763. The smallest absolute Gasteiger partial charge is 0.477 e. The number of alkyl halides is 3. The molecular formula is C12H18F3N4O7S+. The summed E-state index contributed by atoms with van der Waals surface area (Å²) < 4.78 is 71.7. The number of aliphatic carboxylic acids is 1. The third-order valence-corrected chi connectivity index (χ3v) is 4.48. The monoisotopic (exact) mass is 419 g/mol. The van der Waals surface area contributed by atoms with Crippen molar-refractivity contribution in [2.24, 2.45) is 0 Å². The number of hydrogen-bond donors (Lipinski definition) is 1. The van der Waals surface area contributed by atoms with Gasteiger partial charge in [0.15, 0.2) is 6.04 Å². The number of halogens is 3. The zero-order valence-electron chi connectivity index (χ0n) is 14.7. The fraction of sp³-hybridized carbons (Fsp3) is 0.667. The number of rotatable bonds is 9. The molecule has 0 saturated heterocycles. The number of likely N-dealkylation sites (N-methyl/N-ethyl adjacent to an activating group) is 1. The number of carbonyl (C=O) groups is 1. The Kier molecular flexibility index (Phi) is 6.90. The highest BCUT2D eigenvalue weighted by molar-refractivity contribution is 7.87. The van der Waals surface area contributed by atoms with Crippen molar-refractivity contribution in [2.45, 2.75) is 18.0 Å². The number of methoxy groups -OCH3 is 2. The Hall–Kier alpha value is -2.26. The lowest BCUT2D eigenvalue weighted by atomic mass is 10.1. The van der Waals surface area contributed by atoms with Gasteiger partial charge in [-0.05, 0) is 0 Å². The second kappa shape index (κ2) is 8.18. The van der Waals surface area contributed by atoms with Crippen molar-refractivity contribution in [1.29, 1.82) is 0 Å².